The number of hydrogen-bond acceptors (Lipinski definition) is 6. The molecule has 0 bridgehead atoms. The summed E-state index contributed by atoms with van der Waals surface area (Å²) in [5.41, 5.74) is 1.84. The lowest BCUT2D eigenvalue weighted by Gasteiger charge is -2.14. The van der Waals surface area contributed by atoms with Gasteiger partial charge in [0.25, 0.3) is 5.69 Å². The highest BCUT2D eigenvalue weighted by molar-refractivity contribution is 5.89. The molecule has 0 aliphatic carbocycles. The Morgan fingerprint density at radius 2 is 1.97 bits per heavy atom. The number of rotatable bonds is 6. The van der Waals surface area contributed by atoms with Gasteiger partial charge in [0.2, 0.25) is 5.91 Å². The van der Waals surface area contributed by atoms with Gasteiger partial charge < -0.3 is 15.0 Å². The molecule has 1 atom stereocenters. The van der Waals surface area contributed by atoms with E-state index in [2.05, 4.69) is 15.3 Å². The third kappa shape index (κ3) is 4.83. The van der Waals surface area contributed by atoms with Gasteiger partial charge in [0, 0.05) is 30.3 Å². The monoisotopic (exact) mass is 394 g/mol. The van der Waals surface area contributed by atoms with Crippen LogP contribution < -0.4 is 5.32 Å². The van der Waals surface area contributed by atoms with Crippen LogP contribution in [0, 0.1) is 10.1 Å². The Morgan fingerprint density at radius 3 is 2.69 bits per heavy atom. The molecule has 0 saturated carbocycles. The highest BCUT2D eigenvalue weighted by Gasteiger charge is 2.18. The van der Waals surface area contributed by atoms with E-state index in [4.69, 9.17) is 4.74 Å². The number of imidazole rings is 1. The first-order valence-corrected chi connectivity index (χ1v) is 8.72. The van der Waals surface area contributed by atoms with Gasteiger partial charge in [-0.15, -0.1) is 0 Å². The summed E-state index contributed by atoms with van der Waals surface area (Å²) < 4.78 is 5.46. The molecule has 0 saturated heterocycles. The molecule has 1 heterocycles. The number of nitrogens with zero attached hydrogens (tertiary/aromatic N) is 2. The van der Waals surface area contributed by atoms with Crippen molar-refractivity contribution in [3.8, 4) is 11.4 Å². The fraction of sp³-hybridized carbons (Fsp3) is 0.150. The van der Waals surface area contributed by atoms with E-state index in [0.717, 1.165) is 0 Å². The molecule has 29 heavy (non-hydrogen) atoms. The van der Waals surface area contributed by atoms with Crippen LogP contribution in [0.25, 0.3) is 11.4 Å². The second kappa shape index (κ2) is 8.34. The molecule has 1 unspecified atom stereocenters. The topological polar surface area (TPSA) is 127 Å². The summed E-state index contributed by atoms with van der Waals surface area (Å²) in [6, 6.07) is 12.9. The predicted octanol–water partition coefficient (Wildman–Crippen LogP) is 3.86. The molecule has 9 nitrogen and oxygen atoms in total. The van der Waals surface area contributed by atoms with Crippen molar-refractivity contribution in [3.05, 3.63) is 76.1 Å². The maximum absolute atomic E-state index is 12.4. The van der Waals surface area contributed by atoms with E-state index in [1.807, 2.05) is 0 Å². The first-order chi connectivity index (χ1) is 13.8. The van der Waals surface area contributed by atoms with Crippen LogP contribution in [0.4, 0.5) is 11.4 Å². The van der Waals surface area contributed by atoms with Crippen LogP contribution in [0.3, 0.4) is 0 Å². The Bertz CT molecular complexity index is 1080. The number of H-pyrrole nitrogens is 1. The number of nitro benzene ring substituents is 1. The Balaban J connectivity index is 1.73. The lowest BCUT2D eigenvalue weighted by Crippen LogP contribution is -2.11. The number of nitro groups is 1. The second-order valence-electron chi connectivity index (χ2n) is 6.31. The first kappa shape index (κ1) is 19.7. The van der Waals surface area contributed by atoms with E-state index in [-0.39, 0.29) is 17.3 Å². The van der Waals surface area contributed by atoms with E-state index >= 15 is 0 Å². The Kier molecular flexibility index (Phi) is 5.68. The molecule has 2 N–H and O–H groups in total. The largest absolute Gasteiger partial charge is 0.453 e. The summed E-state index contributed by atoms with van der Waals surface area (Å²) in [5, 5.41) is 13.6. The molecule has 0 aliphatic rings. The van der Waals surface area contributed by atoms with Gasteiger partial charge in [-0.25, -0.2) is 9.78 Å². The highest BCUT2D eigenvalue weighted by Crippen LogP contribution is 2.24. The predicted molar refractivity (Wildman–Crippen MR) is 105 cm³/mol. The zero-order valence-electron chi connectivity index (χ0n) is 15.7. The number of hydrogen-bond donors (Lipinski definition) is 2. The number of aromatic amines is 1. The van der Waals surface area contributed by atoms with Crippen LogP contribution in [0.15, 0.2) is 54.7 Å². The molecule has 9 heteroatoms. The summed E-state index contributed by atoms with van der Waals surface area (Å²) in [6.07, 6.45) is 0.748. The fourth-order valence-corrected chi connectivity index (χ4v) is 2.70. The van der Waals surface area contributed by atoms with Gasteiger partial charge in [-0.2, -0.15) is 0 Å². The van der Waals surface area contributed by atoms with Gasteiger partial charge in [-0.3, -0.25) is 14.9 Å². The quantitative estimate of drug-likeness (QED) is 0.371. The molecule has 2 aromatic carbocycles. The van der Waals surface area contributed by atoms with Gasteiger partial charge in [0.05, 0.1) is 11.1 Å². The number of carbonyl (C=O) groups excluding carboxylic acids is 2. The number of amides is 1. The SMILES string of the molecule is CC(=O)Nc1cccc(C(C)OC(=O)c2cnc(-c3cccc([N+](=O)[O-])c3)[nH]2)c1. The highest BCUT2D eigenvalue weighted by atomic mass is 16.6. The Hall–Kier alpha value is -4.01. The van der Waals surface area contributed by atoms with Crippen molar-refractivity contribution in [2.24, 2.45) is 0 Å². The van der Waals surface area contributed by atoms with Crippen molar-refractivity contribution in [2.75, 3.05) is 5.32 Å². The molecule has 0 spiro atoms. The number of nitrogens with one attached hydrogen (secondary N) is 2. The van der Waals surface area contributed by atoms with E-state index < -0.39 is 17.0 Å². The van der Waals surface area contributed by atoms with Crippen LogP contribution in [-0.4, -0.2) is 26.8 Å². The van der Waals surface area contributed by atoms with Crippen LogP contribution >= 0.6 is 0 Å². The van der Waals surface area contributed by atoms with Crippen molar-refractivity contribution in [2.45, 2.75) is 20.0 Å². The number of aromatic nitrogens is 2. The molecule has 1 aromatic heterocycles. The molecular weight excluding hydrogens is 376 g/mol. The number of ether oxygens (including phenoxy) is 1. The molecule has 148 valence electrons. The zero-order chi connectivity index (χ0) is 21.0. The van der Waals surface area contributed by atoms with E-state index in [9.17, 15) is 19.7 Å². The van der Waals surface area contributed by atoms with Crippen molar-refractivity contribution >= 4 is 23.3 Å². The lowest BCUT2D eigenvalue weighted by molar-refractivity contribution is -0.384. The molecule has 1 amide bonds. The lowest BCUT2D eigenvalue weighted by atomic mass is 10.1. The van der Waals surface area contributed by atoms with Gasteiger partial charge in [0.1, 0.15) is 17.6 Å². The number of carbonyl (C=O) groups is 2. The maximum Gasteiger partial charge on any atom is 0.357 e. The minimum absolute atomic E-state index is 0.0734. The summed E-state index contributed by atoms with van der Waals surface area (Å²) >= 11 is 0. The summed E-state index contributed by atoms with van der Waals surface area (Å²) in [7, 11) is 0. The summed E-state index contributed by atoms with van der Waals surface area (Å²) in [6.45, 7) is 3.12. The van der Waals surface area contributed by atoms with Gasteiger partial charge in [-0.05, 0) is 24.6 Å². The minimum atomic E-state index is -0.619. The summed E-state index contributed by atoms with van der Waals surface area (Å²) in [5.74, 6) is -0.495. The normalized spacial score (nSPS) is 11.5. The molecule has 0 fully saturated rings. The fourth-order valence-electron chi connectivity index (χ4n) is 2.70. The van der Waals surface area contributed by atoms with Crippen LogP contribution in [-0.2, 0) is 9.53 Å². The van der Waals surface area contributed by atoms with Gasteiger partial charge >= 0.3 is 5.97 Å². The third-order valence-corrected chi connectivity index (χ3v) is 4.09. The number of non-ortho nitro benzene ring substituents is 1. The third-order valence-electron chi connectivity index (χ3n) is 4.09. The summed E-state index contributed by atoms with van der Waals surface area (Å²) in [4.78, 5) is 41.0. The molecule has 3 rings (SSSR count). The van der Waals surface area contributed by atoms with E-state index in [0.29, 0.717) is 22.6 Å². The Morgan fingerprint density at radius 1 is 1.21 bits per heavy atom. The van der Waals surface area contributed by atoms with Crippen LogP contribution in [0.2, 0.25) is 0 Å². The first-order valence-electron chi connectivity index (χ1n) is 8.72. The average Bonchev–Trinajstić information content (AvgIpc) is 3.18. The van der Waals surface area contributed by atoms with Crippen molar-refractivity contribution in [1.82, 2.24) is 9.97 Å². The zero-order valence-corrected chi connectivity index (χ0v) is 15.7. The molecular formula is C20H18N4O5. The minimum Gasteiger partial charge on any atom is -0.453 e. The van der Waals surface area contributed by atoms with Crippen LogP contribution in [0.1, 0.15) is 36.0 Å². The van der Waals surface area contributed by atoms with Gasteiger partial charge in [0.15, 0.2) is 0 Å². The second-order valence-corrected chi connectivity index (χ2v) is 6.31. The maximum atomic E-state index is 12.4. The Labute approximate surface area is 165 Å². The van der Waals surface area contributed by atoms with E-state index in [1.165, 1.54) is 31.3 Å². The van der Waals surface area contributed by atoms with Crippen molar-refractivity contribution in [3.63, 3.8) is 0 Å². The average molecular weight is 394 g/mol. The van der Waals surface area contributed by atoms with Crippen molar-refractivity contribution in [1.29, 1.82) is 0 Å². The molecule has 0 aliphatic heterocycles. The number of anilines is 1. The van der Waals surface area contributed by atoms with Crippen LogP contribution in [0.5, 0.6) is 0 Å². The molecule has 3 aromatic rings. The molecule has 0 radical (unpaired) electrons. The standard InChI is InChI=1S/C20H18N4O5/c1-12(14-5-3-7-16(9-14)22-13(2)25)29-20(26)18-11-21-19(23-18)15-6-4-8-17(10-15)24(27)28/h3-12H,1-2H3,(H,21,23)(H,22,25). The smallest absolute Gasteiger partial charge is 0.357 e. The van der Waals surface area contributed by atoms with Gasteiger partial charge in [-0.1, -0.05) is 24.3 Å². The number of benzene rings is 2. The van der Waals surface area contributed by atoms with E-state index in [1.54, 1.807) is 37.3 Å². The van der Waals surface area contributed by atoms with Crippen molar-refractivity contribution < 1.29 is 19.2 Å². The number of esters is 1.